The Morgan fingerprint density at radius 3 is 2.76 bits per heavy atom. The van der Waals surface area contributed by atoms with Crippen molar-refractivity contribution in [1.82, 2.24) is 10.2 Å². The number of carboxylic acid groups (broad SMARTS) is 1. The number of amides is 1. The van der Waals surface area contributed by atoms with Crippen LogP contribution in [0, 0.1) is 0 Å². The second kappa shape index (κ2) is 7.40. The molecule has 2 rings (SSSR count). The van der Waals surface area contributed by atoms with Crippen molar-refractivity contribution in [3.8, 4) is 0 Å². The summed E-state index contributed by atoms with van der Waals surface area (Å²) in [6.45, 7) is 1.57. The van der Waals surface area contributed by atoms with E-state index >= 15 is 0 Å². The van der Waals surface area contributed by atoms with Gasteiger partial charge in [0, 0.05) is 18.1 Å². The standard InChI is InChI=1S/C14H17ClN2O4/c15-11-3-1-10(2-4-11)12-8-17(5-6-21-12)9-13(18)16-7-14(19)20/h1-4,12H,5-9H2,(H,16,18)(H,19,20). The molecule has 1 aliphatic heterocycles. The Labute approximate surface area is 127 Å². The predicted octanol–water partition coefficient (Wildman–Crippen LogP) is 0.914. The number of nitrogens with zero attached hydrogens (tertiary/aromatic N) is 1. The van der Waals surface area contributed by atoms with E-state index in [-0.39, 0.29) is 25.1 Å². The molecule has 0 saturated carbocycles. The number of halogens is 1. The predicted molar refractivity (Wildman–Crippen MR) is 77.2 cm³/mol. The maximum absolute atomic E-state index is 11.6. The lowest BCUT2D eigenvalue weighted by Crippen LogP contribution is -2.45. The summed E-state index contributed by atoms with van der Waals surface area (Å²) in [7, 11) is 0. The van der Waals surface area contributed by atoms with Gasteiger partial charge >= 0.3 is 5.97 Å². The first kappa shape index (κ1) is 15.8. The van der Waals surface area contributed by atoms with Crippen LogP contribution in [0.3, 0.4) is 0 Å². The van der Waals surface area contributed by atoms with E-state index in [1.54, 1.807) is 12.1 Å². The Kier molecular flexibility index (Phi) is 5.55. The van der Waals surface area contributed by atoms with E-state index < -0.39 is 5.97 Å². The molecule has 7 heteroatoms. The smallest absolute Gasteiger partial charge is 0.322 e. The molecule has 1 fully saturated rings. The fourth-order valence-corrected chi connectivity index (χ4v) is 2.28. The molecule has 21 heavy (non-hydrogen) atoms. The van der Waals surface area contributed by atoms with Crippen molar-refractivity contribution < 1.29 is 19.4 Å². The number of carbonyl (C=O) groups is 2. The summed E-state index contributed by atoms with van der Waals surface area (Å²) >= 11 is 5.86. The Hall–Kier alpha value is -1.63. The average Bonchev–Trinajstić information content (AvgIpc) is 2.46. The van der Waals surface area contributed by atoms with Crippen molar-refractivity contribution in [3.05, 3.63) is 34.9 Å². The van der Waals surface area contributed by atoms with Crippen LogP contribution in [-0.4, -0.2) is 54.7 Å². The van der Waals surface area contributed by atoms with Crippen molar-refractivity contribution in [1.29, 1.82) is 0 Å². The number of morpholine rings is 1. The summed E-state index contributed by atoms with van der Waals surface area (Å²) < 4.78 is 5.70. The SMILES string of the molecule is O=C(O)CNC(=O)CN1CCOC(c2ccc(Cl)cc2)C1. The van der Waals surface area contributed by atoms with Crippen LogP contribution in [0.4, 0.5) is 0 Å². The van der Waals surface area contributed by atoms with E-state index in [0.717, 1.165) is 5.56 Å². The first-order chi connectivity index (χ1) is 10.0. The number of aliphatic carboxylic acids is 1. The summed E-state index contributed by atoms with van der Waals surface area (Å²) in [5, 5.41) is 11.5. The maximum atomic E-state index is 11.6. The lowest BCUT2D eigenvalue weighted by molar-refractivity contribution is -0.138. The molecule has 0 aliphatic carbocycles. The van der Waals surface area contributed by atoms with Gasteiger partial charge in [-0.05, 0) is 17.7 Å². The van der Waals surface area contributed by atoms with Crippen molar-refractivity contribution >= 4 is 23.5 Å². The number of ether oxygens (including phenoxy) is 1. The molecule has 1 aromatic rings. The third kappa shape index (κ3) is 5.00. The van der Waals surface area contributed by atoms with Crippen LogP contribution in [0.15, 0.2) is 24.3 Å². The molecule has 0 bridgehead atoms. The first-order valence-corrected chi connectivity index (χ1v) is 7.00. The van der Waals surface area contributed by atoms with Gasteiger partial charge in [-0.2, -0.15) is 0 Å². The molecule has 1 aliphatic rings. The van der Waals surface area contributed by atoms with Gasteiger partial charge in [-0.1, -0.05) is 23.7 Å². The number of hydrogen-bond donors (Lipinski definition) is 2. The van der Waals surface area contributed by atoms with Crippen LogP contribution >= 0.6 is 11.6 Å². The zero-order valence-corrected chi connectivity index (χ0v) is 12.2. The van der Waals surface area contributed by atoms with Crippen molar-refractivity contribution in [2.24, 2.45) is 0 Å². The summed E-state index contributed by atoms with van der Waals surface area (Å²) in [5.41, 5.74) is 1.01. The summed E-state index contributed by atoms with van der Waals surface area (Å²) in [6, 6.07) is 7.42. The van der Waals surface area contributed by atoms with Crippen LogP contribution in [0.1, 0.15) is 11.7 Å². The zero-order valence-electron chi connectivity index (χ0n) is 11.4. The topological polar surface area (TPSA) is 78.9 Å². The fraction of sp³-hybridized carbons (Fsp3) is 0.429. The molecule has 1 amide bonds. The van der Waals surface area contributed by atoms with Gasteiger partial charge in [-0.3, -0.25) is 14.5 Å². The van der Waals surface area contributed by atoms with E-state index in [9.17, 15) is 9.59 Å². The monoisotopic (exact) mass is 312 g/mol. The highest BCUT2D eigenvalue weighted by Gasteiger charge is 2.23. The lowest BCUT2D eigenvalue weighted by Gasteiger charge is -2.32. The minimum Gasteiger partial charge on any atom is -0.480 e. The van der Waals surface area contributed by atoms with Crippen LogP contribution in [0.5, 0.6) is 0 Å². The van der Waals surface area contributed by atoms with E-state index in [2.05, 4.69) is 5.32 Å². The fourth-order valence-electron chi connectivity index (χ4n) is 2.16. The molecule has 1 aromatic carbocycles. The van der Waals surface area contributed by atoms with Gasteiger partial charge in [-0.25, -0.2) is 0 Å². The number of benzene rings is 1. The normalized spacial score (nSPS) is 19.2. The third-order valence-electron chi connectivity index (χ3n) is 3.20. The molecule has 1 atom stereocenters. The first-order valence-electron chi connectivity index (χ1n) is 6.62. The van der Waals surface area contributed by atoms with Crippen LogP contribution in [-0.2, 0) is 14.3 Å². The van der Waals surface area contributed by atoms with E-state index in [1.165, 1.54) is 0 Å². The van der Waals surface area contributed by atoms with Crippen LogP contribution < -0.4 is 5.32 Å². The highest BCUT2D eigenvalue weighted by molar-refractivity contribution is 6.30. The third-order valence-corrected chi connectivity index (χ3v) is 3.45. The molecule has 114 valence electrons. The molecule has 1 unspecified atom stereocenters. The number of carboxylic acids is 1. The Balaban J connectivity index is 1.87. The number of carbonyl (C=O) groups excluding carboxylic acids is 1. The Morgan fingerprint density at radius 1 is 1.38 bits per heavy atom. The molecule has 6 nitrogen and oxygen atoms in total. The highest BCUT2D eigenvalue weighted by atomic mass is 35.5. The van der Waals surface area contributed by atoms with E-state index in [0.29, 0.717) is 24.7 Å². The zero-order chi connectivity index (χ0) is 15.2. The van der Waals surface area contributed by atoms with Gasteiger partial charge in [0.2, 0.25) is 5.91 Å². The minimum atomic E-state index is -1.05. The largest absolute Gasteiger partial charge is 0.480 e. The minimum absolute atomic E-state index is 0.108. The molecule has 0 spiro atoms. The summed E-state index contributed by atoms with van der Waals surface area (Å²) in [4.78, 5) is 24.0. The molecular weight excluding hydrogens is 296 g/mol. The number of rotatable bonds is 5. The highest BCUT2D eigenvalue weighted by Crippen LogP contribution is 2.23. The summed E-state index contributed by atoms with van der Waals surface area (Å²) in [5.74, 6) is -1.35. The molecular formula is C14H17ClN2O4. The second-order valence-electron chi connectivity index (χ2n) is 4.82. The average molecular weight is 313 g/mol. The van der Waals surface area contributed by atoms with Crippen LogP contribution in [0.2, 0.25) is 5.02 Å². The molecule has 0 radical (unpaired) electrons. The summed E-state index contributed by atoms with van der Waals surface area (Å²) in [6.07, 6.45) is -0.108. The quantitative estimate of drug-likeness (QED) is 0.845. The van der Waals surface area contributed by atoms with Crippen molar-refractivity contribution in [2.45, 2.75) is 6.10 Å². The van der Waals surface area contributed by atoms with Gasteiger partial charge in [0.1, 0.15) is 6.54 Å². The van der Waals surface area contributed by atoms with Crippen molar-refractivity contribution in [3.63, 3.8) is 0 Å². The Bertz CT molecular complexity index is 506. The van der Waals surface area contributed by atoms with E-state index in [1.807, 2.05) is 17.0 Å². The van der Waals surface area contributed by atoms with Gasteiger partial charge in [0.05, 0.1) is 19.3 Å². The van der Waals surface area contributed by atoms with Gasteiger partial charge in [0.15, 0.2) is 0 Å². The number of nitrogens with one attached hydrogen (secondary N) is 1. The van der Waals surface area contributed by atoms with Crippen LogP contribution in [0.25, 0.3) is 0 Å². The molecule has 0 aromatic heterocycles. The van der Waals surface area contributed by atoms with E-state index in [4.69, 9.17) is 21.4 Å². The Morgan fingerprint density at radius 2 is 2.10 bits per heavy atom. The molecule has 1 saturated heterocycles. The number of hydrogen-bond acceptors (Lipinski definition) is 4. The maximum Gasteiger partial charge on any atom is 0.322 e. The van der Waals surface area contributed by atoms with Gasteiger partial charge in [0.25, 0.3) is 0 Å². The molecule has 1 heterocycles. The van der Waals surface area contributed by atoms with Crippen molar-refractivity contribution in [2.75, 3.05) is 32.8 Å². The lowest BCUT2D eigenvalue weighted by atomic mass is 10.1. The van der Waals surface area contributed by atoms with Gasteiger partial charge in [-0.15, -0.1) is 0 Å². The van der Waals surface area contributed by atoms with Gasteiger partial charge < -0.3 is 15.2 Å². The second-order valence-corrected chi connectivity index (χ2v) is 5.25. The molecule has 2 N–H and O–H groups in total.